The lowest BCUT2D eigenvalue weighted by Gasteiger charge is -2.33. The van der Waals surface area contributed by atoms with E-state index in [1.807, 2.05) is 36.2 Å². The number of aryl methyl sites for hydroxylation is 2. The Balaban J connectivity index is 1.42. The second kappa shape index (κ2) is 14.4. The first kappa shape index (κ1) is 31.2. The van der Waals surface area contributed by atoms with Gasteiger partial charge in [0, 0.05) is 58.3 Å². The zero-order valence-corrected chi connectivity index (χ0v) is 24.2. The van der Waals surface area contributed by atoms with Gasteiger partial charge in [-0.1, -0.05) is 6.07 Å². The maximum absolute atomic E-state index is 13.7. The van der Waals surface area contributed by atoms with Crippen LogP contribution in [0.25, 0.3) is 0 Å². The Morgan fingerprint density at radius 3 is 2.60 bits per heavy atom. The molecule has 0 bridgehead atoms. The number of benzene rings is 2. The third kappa shape index (κ3) is 8.40. The van der Waals surface area contributed by atoms with Gasteiger partial charge < -0.3 is 33.5 Å². The Labute approximate surface area is 244 Å². The molecule has 1 atom stereocenters. The smallest absolute Gasteiger partial charge is 0.248 e. The predicted molar refractivity (Wildman–Crippen MR) is 151 cm³/mol. The number of imidazole rings is 1. The fraction of sp³-hybridized carbons (Fsp3) is 0.467. The second-order valence-electron chi connectivity index (χ2n) is 10.4. The van der Waals surface area contributed by atoms with Crippen LogP contribution in [-0.4, -0.2) is 96.2 Å². The van der Waals surface area contributed by atoms with E-state index in [2.05, 4.69) is 9.55 Å². The highest BCUT2D eigenvalue weighted by Crippen LogP contribution is 2.29. The zero-order valence-electron chi connectivity index (χ0n) is 24.2. The van der Waals surface area contributed by atoms with E-state index in [4.69, 9.17) is 18.9 Å². The highest BCUT2D eigenvalue weighted by molar-refractivity contribution is 5.77. The molecular weight excluding hydrogens is 550 g/mol. The number of carbonyl (C=O) groups excluding carboxylic acids is 1. The van der Waals surface area contributed by atoms with Crippen molar-refractivity contribution in [3.8, 4) is 17.2 Å². The maximum atomic E-state index is 13.7. The number of aromatic nitrogens is 2. The summed E-state index contributed by atoms with van der Waals surface area (Å²) < 4.78 is 51.4. The van der Waals surface area contributed by atoms with E-state index in [9.17, 15) is 18.7 Å². The van der Waals surface area contributed by atoms with Crippen LogP contribution in [0, 0.1) is 18.6 Å². The van der Waals surface area contributed by atoms with E-state index in [-0.39, 0.29) is 38.0 Å². The quantitative estimate of drug-likeness (QED) is 0.305. The number of β-amino-alcohol motifs (C(OH)–C–C–N with tert-alkyl or cyclic N) is 1. The van der Waals surface area contributed by atoms with Crippen molar-refractivity contribution in [2.45, 2.75) is 32.0 Å². The number of methoxy groups -OCH3 is 2. The van der Waals surface area contributed by atoms with E-state index in [1.165, 1.54) is 18.1 Å². The van der Waals surface area contributed by atoms with E-state index < -0.39 is 17.2 Å². The lowest BCUT2D eigenvalue weighted by molar-refractivity contribution is -0.138. The number of amides is 1. The molecular formula is C30H38F2N4O6. The average Bonchev–Trinajstić information content (AvgIpc) is 3.30. The summed E-state index contributed by atoms with van der Waals surface area (Å²) in [6.45, 7) is 4.37. The number of rotatable bonds is 13. The van der Waals surface area contributed by atoms with Crippen LogP contribution in [0.4, 0.5) is 8.78 Å². The van der Waals surface area contributed by atoms with Gasteiger partial charge in [0.05, 0.1) is 20.3 Å². The van der Waals surface area contributed by atoms with Gasteiger partial charge in [-0.25, -0.2) is 13.8 Å². The molecule has 1 aliphatic rings. The number of nitrogens with zero attached hydrogens (tertiary/aromatic N) is 4. The average molecular weight is 589 g/mol. The highest BCUT2D eigenvalue weighted by atomic mass is 19.2. The van der Waals surface area contributed by atoms with Crippen LogP contribution in [0.2, 0.25) is 0 Å². The third-order valence-electron chi connectivity index (χ3n) is 7.07. The molecule has 3 aromatic rings. The molecule has 228 valence electrons. The number of hydrogen-bond acceptors (Lipinski definition) is 8. The lowest BCUT2D eigenvalue weighted by atomic mass is 10.0. The van der Waals surface area contributed by atoms with Gasteiger partial charge in [-0.3, -0.25) is 9.69 Å². The molecule has 1 saturated heterocycles. The molecule has 12 heteroatoms. The van der Waals surface area contributed by atoms with Crippen molar-refractivity contribution in [1.82, 2.24) is 19.4 Å². The second-order valence-corrected chi connectivity index (χ2v) is 10.4. The largest absolute Gasteiger partial charge is 0.493 e. The van der Waals surface area contributed by atoms with Crippen LogP contribution in [0.1, 0.15) is 17.8 Å². The third-order valence-corrected chi connectivity index (χ3v) is 7.07. The summed E-state index contributed by atoms with van der Waals surface area (Å²) in [7, 11) is 3.02. The molecule has 0 aliphatic carbocycles. The molecule has 1 aromatic heterocycles. The molecule has 2 heterocycles. The summed E-state index contributed by atoms with van der Waals surface area (Å²) in [5.41, 5.74) is -0.570. The molecule has 4 rings (SSSR count). The zero-order chi connectivity index (χ0) is 30.1. The monoisotopic (exact) mass is 588 g/mol. The van der Waals surface area contributed by atoms with Gasteiger partial charge in [0.25, 0.3) is 0 Å². The van der Waals surface area contributed by atoms with Gasteiger partial charge >= 0.3 is 0 Å². The summed E-state index contributed by atoms with van der Waals surface area (Å²) in [4.78, 5) is 20.4. The number of hydrogen-bond donors (Lipinski definition) is 1. The Morgan fingerprint density at radius 1 is 1.05 bits per heavy atom. The first-order chi connectivity index (χ1) is 20.2. The van der Waals surface area contributed by atoms with Gasteiger partial charge in [0.2, 0.25) is 5.91 Å². The van der Waals surface area contributed by atoms with Crippen molar-refractivity contribution in [2.75, 3.05) is 60.2 Å². The maximum Gasteiger partial charge on any atom is 0.248 e. The van der Waals surface area contributed by atoms with Crippen LogP contribution >= 0.6 is 0 Å². The lowest BCUT2D eigenvalue weighted by Crippen LogP contribution is -2.52. The molecule has 1 amide bonds. The fourth-order valence-corrected chi connectivity index (χ4v) is 4.92. The van der Waals surface area contributed by atoms with Crippen molar-refractivity contribution in [2.24, 2.45) is 0 Å². The van der Waals surface area contributed by atoms with Crippen molar-refractivity contribution >= 4 is 5.91 Å². The highest BCUT2D eigenvalue weighted by Gasteiger charge is 2.37. The standard InChI is InChI=1S/C30H38F2N4O6/c1-22-33-9-11-35(22)10-4-14-41-27-8-5-23(15-28(27)40-3)17-34-12-13-36(29(37)18-39-2)20-30(38,19-34)21-42-24-6-7-25(31)26(32)16-24/h5-9,11,15-16,38H,4,10,12-14,17-21H2,1-3H3/t30-/m0/s1. The van der Waals surface area contributed by atoms with Crippen molar-refractivity contribution < 1.29 is 37.6 Å². The number of halogens is 2. The minimum atomic E-state index is -1.49. The van der Waals surface area contributed by atoms with Gasteiger partial charge in [-0.15, -0.1) is 0 Å². The van der Waals surface area contributed by atoms with Crippen LogP contribution in [0.15, 0.2) is 48.8 Å². The fourth-order valence-electron chi connectivity index (χ4n) is 4.92. The van der Waals surface area contributed by atoms with E-state index in [0.717, 1.165) is 36.5 Å². The van der Waals surface area contributed by atoms with Gasteiger partial charge in [0.15, 0.2) is 23.1 Å². The molecule has 42 heavy (non-hydrogen) atoms. The molecule has 1 N–H and O–H groups in total. The Kier molecular flexibility index (Phi) is 10.7. The van der Waals surface area contributed by atoms with E-state index in [1.54, 1.807) is 13.3 Å². The number of aliphatic hydroxyl groups is 1. The molecule has 10 nitrogen and oxygen atoms in total. The van der Waals surface area contributed by atoms with Crippen LogP contribution in [0.3, 0.4) is 0 Å². The van der Waals surface area contributed by atoms with Crippen LogP contribution < -0.4 is 14.2 Å². The van der Waals surface area contributed by atoms with Crippen LogP contribution in [-0.2, 0) is 22.6 Å². The SMILES string of the molecule is COCC(=O)N1CCN(Cc2ccc(OCCCn3ccnc3C)c(OC)c2)C[C@@](O)(COc2ccc(F)c(F)c2)C1. The minimum Gasteiger partial charge on any atom is -0.493 e. The van der Waals surface area contributed by atoms with Crippen molar-refractivity contribution in [3.63, 3.8) is 0 Å². The molecule has 0 radical (unpaired) electrons. The molecule has 0 spiro atoms. The van der Waals surface area contributed by atoms with Crippen LogP contribution in [0.5, 0.6) is 17.2 Å². The Morgan fingerprint density at radius 2 is 1.88 bits per heavy atom. The first-order valence-corrected chi connectivity index (χ1v) is 13.8. The summed E-state index contributed by atoms with van der Waals surface area (Å²) in [5.74, 6) is -0.0463. The number of ether oxygens (including phenoxy) is 4. The number of carbonyl (C=O) groups is 1. The van der Waals surface area contributed by atoms with Gasteiger partial charge in [0.1, 0.15) is 30.4 Å². The predicted octanol–water partition coefficient (Wildman–Crippen LogP) is 3.05. The molecule has 2 aromatic carbocycles. The van der Waals surface area contributed by atoms with Gasteiger partial charge in [-0.05, 0) is 43.2 Å². The molecule has 1 aliphatic heterocycles. The Hall–Kier alpha value is -3.74. The first-order valence-electron chi connectivity index (χ1n) is 13.8. The van der Waals surface area contributed by atoms with E-state index in [0.29, 0.717) is 37.7 Å². The topological polar surface area (TPSA) is 98.5 Å². The normalized spacial score (nSPS) is 17.6. The minimum absolute atomic E-state index is 0.00985. The summed E-state index contributed by atoms with van der Waals surface area (Å²) in [5, 5.41) is 11.6. The summed E-state index contributed by atoms with van der Waals surface area (Å²) >= 11 is 0. The molecule has 0 unspecified atom stereocenters. The van der Waals surface area contributed by atoms with Crippen molar-refractivity contribution in [3.05, 3.63) is 71.8 Å². The summed E-state index contributed by atoms with van der Waals surface area (Å²) in [6, 6.07) is 8.87. The van der Waals surface area contributed by atoms with Gasteiger partial charge in [-0.2, -0.15) is 0 Å². The van der Waals surface area contributed by atoms with Crippen molar-refractivity contribution in [1.29, 1.82) is 0 Å². The molecule has 1 fully saturated rings. The Bertz CT molecular complexity index is 1340. The summed E-state index contributed by atoms with van der Waals surface area (Å²) in [6.07, 6.45) is 4.52. The van der Waals surface area contributed by atoms with E-state index >= 15 is 0 Å². The molecule has 0 saturated carbocycles.